The summed E-state index contributed by atoms with van der Waals surface area (Å²) < 4.78 is 5.46. The van der Waals surface area contributed by atoms with Crippen LogP contribution < -0.4 is 25.0 Å². The van der Waals surface area contributed by atoms with Crippen LogP contribution in [0.5, 0.6) is 5.75 Å². The quantitative estimate of drug-likeness (QED) is 0.583. The minimum absolute atomic E-state index is 0.143. The second kappa shape index (κ2) is 8.60. The maximum Gasteiger partial charge on any atom is 0.318 e. The molecule has 28 heavy (non-hydrogen) atoms. The van der Waals surface area contributed by atoms with Gasteiger partial charge < -0.3 is 25.5 Å². The number of nitrogens with one attached hydrogen (secondary N) is 2. The van der Waals surface area contributed by atoms with Crippen LogP contribution in [0.4, 0.5) is 11.4 Å². The summed E-state index contributed by atoms with van der Waals surface area (Å²) in [4.78, 5) is 27.1. The molecule has 0 spiro atoms. The lowest BCUT2D eigenvalue weighted by atomic mass is 10.2. The van der Waals surface area contributed by atoms with E-state index in [4.69, 9.17) is 4.74 Å². The van der Waals surface area contributed by atoms with Crippen molar-refractivity contribution >= 4 is 23.2 Å². The molecule has 2 amide bonds. The maximum atomic E-state index is 12.5. The SMILES string of the molecule is COc1cc[n+]([O-])c(C(=O)NC(C)C(=O)Nc2cccc(N3CCCC3)c2)c1. The highest BCUT2D eigenvalue weighted by Gasteiger charge is 2.23. The van der Waals surface area contributed by atoms with Gasteiger partial charge in [-0.05, 0) is 38.0 Å². The van der Waals surface area contributed by atoms with Crippen LogP contribution >= 0.6 is 0 Å². The number of hydrogen-bond acceptors (Lipinski definition) is 5. The minimum atomic E-state index is -0.825. The average Bonchev–Trinajstić information content (AvgIpc) is 3.23. The van der Waals surface area contributed by atoms with E-state index in [-0.39, 0.29) is 11.6 Å². The van der Waals surface area contributed by atoms with E-state index in [1.54, 1.807) is 13.0 Å². The monoisotopic (exact) mass is 384 g/mol. The maximum absolute atomic E-state index is 12.5. The van der Waals surface area contributed by atoms with E-state index >= 15 is 0 Å². The Kier molecular flexibility index (Phi) is 5.98. The van der Waals surface area contributed by atoms with Crippen molar-refractivity contribution in [1.29, 1.82) is 0 Å². The topological polar surface area (TPSA) is 97.6 Å². The molecule has 2 aromatic rings. The van der Waals surface area contributed by atoms with E-state index in [9.17, 15) is 14.8 Å². The molecular weight excluding hydrogens is 360 g/mol. The number of hydrogen-bond donors (Lipinski definition) is 2. The Labute approximate surface area is 163 Å². The van der Waals surface area contributed by atoms with Crippen LogP contribution in [-0.2, 0) is 4.79 Å². The molecule has 2 heterocycles. The zero-order valence-corrected chi connectivity index (χ0v) is 16.0. The van der Waals surface area contributed by atoms with Gasteiger partial charge in [-0.3, -0.25) is 9.59 Å². The number of ether oxygens (including phenoxy) is 1. The van der Waals surface area contributed by atoms with Gasteiger partial charge in [0.05, 0.1) is 13.2 Å². The number of benzene rings is 1. The van der Waals surface area contributed by atoms with E-state index < -0.39 is 11.9 Å². The summed E-state index contributed by atoms with van der Waals surface area (Å²) in [7, 11) is 1.44. The van der Waals surface area contributed by atoms with Crippen molar-refractivity contribution in [3.8, 4) is 5.75 Å². The highest BCUT2D eigenvalue weighted by molar-refractivity contribution is 6.00. The molecule has 0 saturated carbocycles. The van der Waals surface area contributed by atoms with Gasteiger partial charge in [0, 0.05) is 30.5 Å². The number of carbonyl (C=O) groups excluding carboxylic acids is 2. The third-order valence-electron chi connectivity index (χ3n) is 4.68. The molecular formula is C20H24N4O4. The second-order valence-electron chi connectivity index (χ2n) is 6.71. The van der Waals surface area contributed by atoms with Gasteiger partial charge in [0.1, 0.15) is 11.8 Å². The standard InChI is InChI=1S/C20H24N4O4/c1-14(21-20(26)18-13-17(28-2)8-11-24(18)27)19(25)22-15-6-5-7-16(12-15)23-9-3-4-10-23/h5-8,11-14H,3-4,9-10H2,1-2H3,(H,21,26)(H,22,25). The Morgan fingerprint density at radius 1 is 1.21 bits per heavy atom. The van der Waals surface area contributed by atoms with E-state index in [2.05, 4.69) is 15.5 Å². The first-order valence-electron chi connectivity index (χ1n) is 9.22. The molecule has 0 bridgehead atoms. The van der Waals surface area contributed by atoms with Crippen molar-refractivity contribution in [2.24, 2.45) is 0 Å². The Morgan fingerprint density at radius 3 is 2.68 bits per heavy atom. The molecule has 1 fully saturated rings. The summed E-state index contributed by atoms with van der Waals surface area (Å²) in [6.07, 6.45) is 3.52. The van der Waals surface area contributed by atoms with Crippen LogP contribution in [0.1, 0.15) is 30.3 Å². The lowest BCUT2D eigenvalue weighted by molar-refractivity contribution is -0.607. The largest absolute Gasteiger partial charge is 0.618 e. The summed E-state index contributed by atoms with van der Waals surface area (Å²) in [6, 6.07) is 9.59. The molecule has 1 unspecified atom stereocenters. The van der Waals surface area contributed by atoms with Crippen LogP contribution in [0.25, 0.3) is 0 Å². The molecule has 0 radical (unpaired) electrons. The molecule has 2 N–H and O–H groups in total. The van der Waals surface area contributed by atoms with Crippen LogP contribution in [-0.4, -0.2) is 38.1 Å². The van der Waals surface area contributed by atoms with Gasteiger partial charge in [-0.1, -0.05) is 6.07 Å². The Hall–Kier alpha value is -3.29. The molecule has 1 aromatic carbocycles. The molecule has 3 rings (SSSR count). The summed E-state index contributed by atoms with van der Waals surface area (Å²) in [5.41, 5.74) is 1.58. The minimum Gasteiger partial charge on any atom is -0.618 e. The van der Waals surface area contributed by atoms with Gasteiger partial charge in [-0.15, -0.1) is 0 Å². The number of aromatic nitrogens is 1. The van der Waals surface area contributed by atoms with Crippen LogP contribution in [0.2, 0.25) is 0 Å². The Morgan fingerprint density at radius 2 is 1.96 bits per heavy atom. The van der Waals surface area contributed by atoms with E-state index in [1.165, 1.54) is 38.3 Å². The third-order valence-corrected chi connectivity index (χ3v) is 4.68. The van der Waals surface area contributed by atoms with Crippen LogP contribution in [0.3, 0.4) is 0 Å². The molecule has 148 valence electrons. The second-order valence-corrected chi connectivity index (χ2v) is 6.71. The number of nitrogens with zero attached hydrogens (tertiary/aromatic N) is 2. The van der Waals surface area contributed by atoms with Crippen LogP contribution in [0, 0.1) is 5.21 Å². The first-order valence-corrected chi connectivity index (χ1v) is 9.22. The van der Waals surface area contributed by atoms with Gasteiger partial charge in [0.25, 0.3) is 5.69 Å². The third kappa shape index (κ3) is 4.51. The highest BCUT2D eigenvalue weighted by atomic mass is 16.5. The van der Waals surface area contributed by atoms with Gasteiger partial charge in [-0.25, -0.2) is 0 Å². The summed E-state index contributed by atoms with van der Waals surface area (Å²) >= 11 is 0. The van der Waals surface area contributed by atoms with Crippen molar-refractivity contribution in [3.63, 3.8) is 0 Å². The number of pyridine rings is 1. The molecule has 1 aliphatic heterocycles. The Bertz CT molecular complexity index is 865. The number of methoxy groups -OCH3 is 1. The average molecular weight is 384 g/mol. The number of carbonyl (C=O) groups is 2. The molecule has 8 heteroatoms. The summed E-state index contributed by atoms with van der Waals surface area (Å²) in [5, 5.41) is 17.2. The van der Waals surface area contributed by atoms with Gasteiger partial charge in [-0.2, -0.15) is 4.73 Å². The van der Waals surface area contributed by atoms with Crippen molar-refractivity contribution in [1.82, 2.24) is 5.32 Å². The van der Waals surface area contributed by atoms with Crippen molar-refractivity contribution < 1.29 is 19.1 Å². The zero-order valence-electron chi connectivity index (χ0n) is 16.0. The van der Waals surface area contributed by atoms with Crippen LogP contribution in [0.15, 0.2) is 42.6 Å². The van der Waals surface area contributed by atoms with Crippen molar-refractivity contribution in [2.75, 3.05) is 30.4 Å². The summed E-state index contributed by atoms with van der Waals surface area (Å²) in [5.74, 6) is -0.636. The fourth-order valence-electron chi connectivity index (χ4n) is 3.10. The molecule has 1 aromatic heterocycles. The molecule has 0 aliphatic carbocycles. The van der Waals surface area contributed by atoms with Gasteiger partial charge in [0.15, 0.2) is 6.20 Å². The first kappa shape index (κ1) is 19.5. The number of anilines is 2. The fourth-order valence-corrected chi connectivity index (χ4v) is 3.10. The normalized spacial score (nSPS) is 14.4. The number of rotatable bonds is 6. The molecule has 1 saturated heterocycles. The number of amides is 2. The molecule has 1 aliphatic rings. The van der Waals surface area contributed by atoms with E-state index in [0.717, 1.165) is 18.8 Å². The van der Waals surface area contributed by atoms with E-state index in [1.807, 2.05) is 18.2 Å². The fraction of sp³-hybridized carbons (Fsp3) is 0.350. The first-order chi connectivity index (χ1) is 13.5. The van der Waals surface area contributed by atoms with Crippen molar-refractivity contribution in [2.45, 2.75) is 25.8 Å². The smallest absolute Gasteiger partial charge is 0.318 e. The zero-order chi connectivity index (χ0) is 20.1. The predicted molar refractivity (Wildman–Crippen MR) is 105 cm³/mol. The summed E-state index contributed by atoms with van der Waals surface area (Å²) in [6.45, 7) is 3.59. The van der Waals surface area contributed by atoms with Gasteiger partial charge >= 0.3 is 5.91 Å². The van der Waals surface area contributed by atoms with Gasteiger partial charge in [0.2, 0.25) is 5.91 Å². The Balaban J connectivity index is 1.63. The lowest BCUT2D eigenvalue weighted by Gasteiger charge is -2.19. The molecule has 8 nitrogen and oxygen atoms in total. The predicted octanol–water partition coefficient (Wildman–Crippen LogP) is 1.69. The van der Waals surface area contributed by atoms with Crippen molar-refractivity contribution in [3.05, 3.63) is 53.5 Å². The van der Waals surface area contributed by atoms with E-state index in [0.29, 0.717) is 16.2 Å². The highest BCUT2D eigenvalue weighted by Crippen LogP contribution is 2.23. The molecule has 1 atom stereocenters. The lowest BCUT2D eigenvalue weighted by Crippen LogP contribution is -2.46.